The van der Waals surface area contributed by atoms with Gasteiger partial charge in [0.2, 0.25) is 0 Å². The molecule has 1 aromatic rings. The van der Waals surface area contributed by atoms with E-state index in [4.69, 9.17) is 4.98 Å². The highest BCUT2D eigenvalue weighted by Gasteiger charge is 2.15. The molecule has 0 saturated heterocycles. The molecule has 0 aromatic carbocycles. The zero-order valence-electron chi connectivity index (χ0n) is 11.1. The van der Waals surface area contributed by atoms with Gasteiger partial charge in [-0.05, 0) is 39.0 Å². The topological polar surface area (TPSA) is 37.8 Å². The standard InChI is InChI=1S/C14H23N3/c1-3-8-13-16-12-10-7-5-6-9-11(12)14(17-13)15-4-2/h3-10H2,1-2H3,(H,15,16,17). The van der Waals surface area contributed by atoms with Crippen molar-refractivity contribution in [1.29, 1.82) is 0 Å². The largest absolute Gasteiger partial charge is 0.370 e. The number of fused-ring (bicyclic) bond motifs is 1. The van der Waals surface area contributed by atoms with Crippen molar-refractivity contribution >= 4 is 5.82 Å². The van der Waals surface area contributed by atoms with Crippen LogP contribution < -0.4 is 5.32 Å². The minimum Gasteiger partial charge on any atom is -0.370 e. The van der Waals surface area contributed by atoms with E-state index in [2.05, 4.69) is 24.1 Å². The maximum atomic E-state index is 4.75. The normalized spacial score (nSPS) is 15.2. The highest BCUT2D eigenvalue weighted by atomic mass is 15.0. The lowest BCUT2D eigenvalue weighted by Gasteiger charge is -2.13. The van der Waals surface area contributed by atoms with Crippen LogP contribution in [0.15, 0.2) is 0 Å². The molecule has 2 rings (SSSR count). The number of nitrogens with one attached hydrogen (secondary N) is 1. The van der Waals surface area contributed by atoms with Crippen molar-refractivity contribution in [2.24, 2.45) is 0 Å². The van der Waals surface area contributed by atoms with Gasteiger partial charge in [-0.25, -0.2) is 9.97 Å². The van der Waals surface area contributed by atoms with E-state index in [1.165, 1.54) is 30.5 Å². The molecular formula is C14H23N3. The summed E-state index contributed by atoms with van der Waals surface area (Å²) in [5.74, 6) is 2.12. The van der Waals surface area contributed by atoms with E-state index in [-0.39, 0.29) is 0 Å². The third-order valence-electron chi connectivity index (χ3n) is 3.30. The summed E-state index contributed by atoms with van der Waals surface area (Å²) < 4.78 is 0. The van der Waals surface area contributed by atoms with Crippen LogP contribution in [-0.4, -0.2) is 16.5 Å². The van der Waals surface area contributed by atoms with Crippen molar-refractivity contribution in [3.63, 3.8) is 0 Å². The van der Waals surface area contributed by atoms with E-state index in [0.29, 0.717) is 0 Å². The van der Waals surface area contributed by atoms with Crippen LogP contribution in [0.1, 0.15) is 56.6 Å². The zero-order valence-corrected chi connectivity index (χ0v) is 11.1. The first-order valence-electron chi connectivity index (χ1n) is 6.97. The Balaban J connectivity index is 2.36. The van der Waals surface area contributed by atoms with Crippen LogP contribution in [0.2, 0.25) is 0 Å². The first kappa shape index (κ1) is 12.3. The zero-order chi connectivity index (χ0) is 12.1. The highest BCUT2D eigenvalue weighted by Crippen LogP contribution is 2.25. The van der Waals surface area contributed by atoms with Crippen molar-refractivity contribution in [3.8, 4) is 0 Å². The quantitative estimate of drug-likeness (QED) is 0.812. The summed E-state index contributed by atoms with van der Waals surface area (Å²) in [4.78, 5) is 9.44. The number of anilines is 1. The molecule has 0 saturated carbocycles. The average Bonchev–Trinajstić information content (AvgIpc) is 2.55. The molecule has 0 fully saturated rings. The van der Waals surface area contributed by atoms with Crippen LogP contribution >= 0.6 is 0 Å². The van der Waals surface area contributed by atoms with E-state index in [1.807, 2.05) is 0 Å². The summed E-state index contributed by atoms with van der Waals surface area (Å²) in [7, 11) is 0. The van der Waals surface area contributed by atoms with Gasteiger partial charge in [-0.2, -0.15) is 0 Å². The molecule has 1 heterocycles. The van der Waals surface area contributed by atoms with Crippen molar-refractivity contribution in [3.05, 3.63) is 17.1 Å². The van der Waals surface area contributed by atoms with E-state index in [1.54, 1.807) is 0 Å². The number of aryl methyl sites for hydroxylation is 2. The Kier molecular flexibility index (Phi) is 4.35. The predicted octanol–water partition coefficient (Wildman–Crippen LogP) is 3.13. The molecule has 0 atom stereocenters. The molecule has 1 aliphatic rings. The van der Waals surface area contributed by atoms with Gasteiger partial charge in [-0.15, -0.1) is 0 Å². The molecule has 0 spiro atoms. The van der Waals surface area contributed by atoms with Crippen LogP contribution in [0, 0.1) is 0 Å². The fourth-order valence-electron chi connectivity index (χ4n) is 2.47. The molecule has 1 N–H and O–H groups in total. The maximum Gasteiger partial charge on any atom is 0.133 e. The van der Waals surface area contributed by atoms with Gasteiger partial charge in [-0.3, -0.25) is 0 Å². The smallest absolute Gasteiger partial charge is 0.133 e. The fraction of sp³-hybridized carbons (Fsp3) is 0.714. The van der Waals surface area contributed by atoms with Crippen molar-refractivity contribution in [1.82, 2.24) is 9.97 Å². The third kappa shape index (κ3) is 2.96. The number of nitrogens with zero attached hydrogens (tertiary/aromatic N) is 2. The molecular weight excluding hydrogens is 210 g/mol. The Morgan fingerprint density at radius 1 is 1.06 bits per heavy atom. The molecule has 0 unspecified atom stereocenters. The number of rotatable bonds is 4. The molecule has 0 amide bonds. The minimum atomic E-state index is 0.940. The highest BCUT2D eigenvalue weighted by molar-refractivity contribution is 5.47. The Morgan fingerprint density at radius 2 is 1.88 bits per heavy atom. The van der Waals surface area contributed by atoms with Crippen molar-refractivity contribution < 1.29 is 0 Å². The Bertz CT molecular complexity index is 374. The summed E-state index contributed by atoms with van der Waals surface area (Å²) in [6.45, 7) is 5.25. The predicted molar refractivity (Wildman–Crippen MR) is 71.4 cm³/mol. The summed E-state index contributed by atoms with van der Waals surface area (Å²) in [6, 6.07) is 0. The monoisotopic (exact) mass is 233 g/mol. The fourth-order valence-corrected chi connectivity index (χ4v) is 2.47. The van der Waals surface area contributed by atoms with Gasteiger partial charge in [0.25, 0.3) is 0 Å². The van der Waals surface area contributed by atoms with E-state index in [9.17, 15) is 0 Å². The lowest BCUT2D eigenvalue weighted by atomic mass is 10.1. The number of hydrogen-bond acceptors (Lipinski definition) is 3. The van der Waals surface area contributed by atoms with Crippen LogP contribution in [0.4, 0.5) is 5.82 Å². The average molecular weight is 233 g/mol. The molecule has 3 heteroatoms. The first-order valence-corrected chi connectivity index (χ1v) is 6.97. The van der Waals surface area contributed by atoms with E-state index >= 15 is 0 Å². The Morgan fingerprint density at radius 3 is 2.65 bits per heavy atom. The van der Waals surface area contributed by atoms with E-state index < -0.39 is 0 Å². The van der Waals surface area contributed by atoms with Gasteiger partial charge in [0.1, 0.15) is 11.6 Å². The van der Waals surface area contributed by atoms with Gasteiger partial charge in [0.15, 0.2) is 0 Å². The second kappa shape index (κ2) is 5.99. The van der Waals surface area contributed by atoms with Crippen LogP contribution in [0.5, 0.6) is 0 Å². The summed E-state index contributed by atoms with van der Waals surface area (Å²) in [5, 5.41) is 3.41. The summed E-state index contributed by atoms with van der Waals surface area (Å²) >= 11 is 0. The molecule has 1 aromatic heterocycles. The van der Waals surface area contributed by atoms with Gasteiger partial charge < -0.3 is 5.32 Å². The van der Waals surface area contributed by atoms with Gasteiger partial charge >= 0.3 is 0 Å². The molecule has 1 aliphatic carbocycles. The second-order valence-electron chi connectivity index (χ2n) is 4.75. The molecule has 0 radical (unpaired) electrons. The van der Waals surface area contributed by atoms with Crippen LogP contribution in [0.25, 0.3) is 0 Å². The second-order valence-corrected chi connectivity index (χ2v) is 4.75. The van der Waals surface area contributed by atoms with Crippen molar-refractivity contribution in [2.45, 2.75) is 58.8 Å². The number of aromatic nitrogens is 2. The minimum absolute atomic E-state index is 0.940. The first-order chi connectivity index (χ1) is 8.35. The van der Waals surface area contributed by atoms with E-state index in [0.717, 1.165) is 43.9 Å². The maximum absolute atomic E-state index is 4.75. The van der Waals surface area contributed by atoms with Gasteiger partial charge in [-0.1, -0.05) is 13.3 Å². The van der Waals surface area contributed by atoms with Crippen LogP contribution in [-0.2, 0) is 19.3 Å². The molecule has 94 valence electrons. The Labute approximate surface area is 104 Å². The number of hydrogen-bond donors (Lipinski definition) is 1. The molecule has 3 nitrogen and oxygen atoms in total. The Hall–Kier alpha value is -1.12. The molecule has 0 aliphatic heterocycles. The van der Waals surface area contributed by atoms with Crippen LogP contribution in [0.3, 0.4) is 0 Å². The summed E-state index contributed by atoms with van der Waals surface area (Å²) in [6.07, 6.45) is 8.26. The lowest BCUT2D eigenvalue weighted by molar-refractivity contribution is 0.707. The lowest BCUT2D eigenvalue weighted by Crippen LogP contribution is -2.10. The summed E-state index contributed by atoms with van der Waals surface area (Å²) in [5.41, 5.74) is 2.68. The van der Waals surface area contributed by atoms with Gasteiger partial charge in [0, 0.05) is 24.2 Å². The van der Waals surface area contributed by atoms with Gasteiger partial charge in [0.05, 0.1) is 0 Å². The van der Waals surface area contributed by atoms with Crippen molar-refractivity contribution in [2.75, 3.05) is 11.9 Å². The molecule has 17 heavy (non-hydrogen) atoms. The molecule has 0 bridgehead atoms. The third-order valence-corrected chi connectivity index (χ3v) is 3.30. The SMILES string of the molecule is CCCc1nc2c(c(NCC)n1)CCCCC2.